The lowest BCUT2D eigenvalue weighted by Crippen LogP contribution is -1.49. The van der Waals surface area contributed by atoms with Gasteiger partial charge in [-0.2, -0.15) is 0 Å². The molecule has 2 nitrogen and oxygen atoms in total. The van der Waals surface area contributed by atoms with Crippen LogP contribution in [-0.4, -0.2) is 28.9 Å². The predicted octanol–water partition coefficient (Wildman–Crippen LogP) is -0.680. The van der Waals surface area contributed by atoms with Gasteiger partial charge in [0.15, 0.2) is 0 Å². The molecule has 0 rings (SSSR count). The summed E-state index contributed by atoms with van der Waals surface area (Å²) >= 11 is 0. The van der Waals surface area contributed by atoms with Crippen molar-refractivity contribution in [3.8, 4) is 0 Å². The zero-order valence-electron chi connectivity index (χ0n) is 2.01. The zero-order valence-corrected chi connectivity index (χ0v) is 3.16. The van der Waals surface area contributed by atoms with Crippen molar-refractivity contribution in [1.82, 2.24) is 0 Å². The highest BCUT2D eigenvalue weighted by molar-refractivity contribution is 5.75. The lowest BCUT2D eigenvalue weighted by Gasteiger charge is -1.34. The van der Waals surface area contributed by atoms with Gasteiger partial charge >= 0.3 is 0 Å². The van der Waals surface area contributed by atoms with Gasteiger partial charge in [0.05, 0.1) is 0 Å². The fourth-order valence-corrected chi connectivity index (χ4v) is 0. The van der Waals surface area contributed by atoms with E-state index in [4.69, 9.17) is 9.90 Å². The monoisotopic (exact) mass is 73.0 g/mol. The molecule has 4 heavy (non-hydrogen) atoms. The maximum Gasteiger partial charge on any atom is 0.290 e. The van der Waals surface area contributed by atoms with Gasteiger partial charge in [-0.1, -0.05) is 0 Å². The molecule has 0 aliphatic heterocycles. The van der Waals surface area contributed by atoms with Crippen molar-refractivity contribution >= 4 is 23.8 Å². The Morgan fingerprint density at radius 1 is 1.75 bits per heavy atom. The number of hydrogen-bond acceptors (Lipinski definition) is 1. The second-order valence-corrected chi connectivity index (χ2v) is 0.105. The first kappa shape index (κ1) is 9.00. The topological polar surface area (TPSA) is 37.3 Å². The summed E-state index contributed by atoms with van der Waals surface area (Å²) in [5, 5.41) is 6.89. The number of carbonyl (C=O) groups is 1. The Morgan fingerprint density at radius 3 is 1.75 bits per heavy atom. The first-order valence-corrected chi connectivity index (χ1v) is 0.494. The minimum atomic E-state index is -0.250. The third-order valence-electron chi connectivity index (χ3n) is 0. The Morgan fingerprint density at radius 2 is 1.75 bits per heavy atom. The van der Waals surface area contributed by atoms with Gasteiger partial charge in [0.1, 0.15) is 0 Å². The van der Waals surface area contributed by atoms with Gasteiger partial charge in [-0.15, -0.1) is 0 Å². The molecule has 0 heterocycles. The van der Waals surface area contributed by atoms with Crippen molar-refractivity contribution in [2.45, 2.75) is 0 Å². The summed E-state index contributed by atoms with van der Waals surface area (Å²) in [5.74, 6) is 0. The molecule has 0 saturated carbocycles. The molecule has 0 aromatic carbocycles. The Kier molecular flexibility index (Phi) is 27.0. The second-order valence-electron chi connectivity index (χ2n) is 0.105. The lowest BCUT2D eigenvalue weighted by molar-refractivity contribution is -0.122. The van der Waals surface area contributed by atoms with Crippen LogP contribution < -0.4 is 0 Å². The normalized spacial score (nSPS) is 3.00. The van der Waals surface area contributed by atoms with Crippen LogP contribution in [0.3, 0.4) is 0 Å². The lowest BCUT2D eigenvalue weighted by atomic mass is 11.7. The number of carboxylic acid groups (broad SMARTS) is 1. The highest BCUT2D eigenvalue weighted by Crippen LogP contribution is 0.966. The van der Waals surface area contributed by atoms with Gasteiger partial charge in [0.25, 0.3) is 6.47 Å². The Bertz CT molecular complexity index is 13.5. The minimum absolute atomic E-state index is 0. The molecule has 3 radical (unpaired) electrons. The van der Waals surface area contributed by atoms with Crippen LogP contribution in [0.25, 0.3) is 0 Å². The second kappa shape index (κ2) is 12.0. The average Bonchev–Trinajstić information content (AvgIpc) is 0.918. The van der Waals surface area contributed by atoms with Crippen molar-refractivity contribution in [3.63, 3.8) is 0 Å². The van der Waals surface area contributed by atoms with Crippen LogP contribution in [0.15, 0.2) is 0 Å². The summed E-state index contributed by atoms with van der Waals surface area (Å²) in [6.45, 7) is -0.250. The van der Waals surface area contributed by atoms with E-state index in [1.165, 1.54) is 0 Å². The van der Waals surface area contributed by atoms with Gasteiger partial charge in [-0.3, -0.25) is 4.79 Å². The summed E-state index contributed by atoms with van der Waals surface area (Å²) in [7, 11) is 0. The number of rotatable bonds is 0. The quantitative estimate of drug-likeness (QED) is 0.304. The van der Waals surface area contributed by atoms with Gasteiger partial charge in [-0.05, 0) is 0 Å². The summed E-state index contributed by atoms with van der Waals surface area (Å²) in [6, 6.07) is 0. The Hall–Kier alpha value is 0.00247. The van der Waals surface area contributed by atoms with Gasteiger partial charge in [0, 0.05) is 17.4 Å². The molecule has 0 aliphatic rings. The summed E-state index contributed by atoms with van der Waals surface area (Å²) in [4.78, 5) is 8.36. The fraction of sp³-hybridized carbons (Fsp3) is 0. The third-order valence-corrected chi connectivity index (χ3v) is 0. The van der Waals surface area contributed by atoms with Crippen LogP contribution in [0.1, 0.15) is 0 Å². The molecule has 3 heteroatoms. The molecule has 0 aromatic heterocycles. The van der Waals surface area contributed by atoms with E-state index in [1.807, 2.05) is 0 Å². The molecule has 0 unspecified atom stereocenters. The van der Waals surface area contributed by atoms with Crippen LogP contribution >= 0.6 is 0 Å². The first-order valence-electron chi connectivity index (χ1n) is 0.494. The fourth-order valence-electron chi connectivity index (χ4n) is 0. The van der Waals surface area contributed by atoms with Crippen LogP contribution in [-0.2, 0) is 4.79 Å². The van der Waals surface area contributed by atoms with Gasteiger partial charge < -0.3 is 5.11 Å². The molecule has 1 N–H and O–H groups in total. The molecule has 0 aromatic rings. The molecule has 0 bridgehead atoms. The predicted molar refractivity (Wildman–Crippen MR) is 14.4 cm³/mol. The first-order chi connectivity index (χ1) is 1.41. The summed E-state index contributed by atoms with van der Waals surface area (Å²) < 4.78 is 0. The highest BCUT2D eigenvalue weighted by Gasteiger charge is 1.22. The van der Waals surface area contributed by atoms with Gasteiger partial charge in [0.2, 0.25) is 0 Å². The van der Waals surface area contributed by atoms with E-state index in [2.05, 4.69) is 0 Å². The van der Waals surface area contributed by atoms with E-state index in [0.717, 1.165) is 0 Å². The highest BCUT2D eigenvalue weighted by atomic mass is 27.0. The summed E-state index contributed by atoms with van der Waals surface area (Å²) in [6.07, 6.45) is 0. The molecule has 21 valence electrons. The number of hydrogen-bond donors (Lipinski definition) is 1. The van der Waals surface area contributed by atoms with Crippen molar-refractivity contribution in [1.29, 1.82) is 0 Å². The molecule has 0 fully saturated rings. The third kappa shape index (κ3) is 331000. The SMILES string of the molecule is O=CO.[Al]. The van der Waals surface area contributed by atoms with Crippen LogP contribution in [0.2, 0.25) is 0 Å². The Balaban J connectivity index is 0. The van der Waals surface area contributed by atoms with Crippen LogP contribution in [0, 0.1) is 0 Å². The molecule has 0 spiro atoms. The van der Waals surface area contributed by atoms with Crippen molar-refractivity contribution in [3.05, 3.63) is 0 Å². The van der Waals surface area contributed by atoms with E-state index in [0.29, 0.717) is 0 Å². The largest absolute Gasteiger partial charge is 0.483 e. The van der Waals surface area contributed by atoms with E-state index in [9.17, 15) is 0 Å². The van der Waals surface area contributed by atoms with Crippen LogP contribution in [0.5, 0.6) is 0 Å². The molecule has 0 saturated heterocycles. The maximum absolute atomic E-state index is 8.36. The maximum atomic E-state index is 8.36. The van der Waals surface area contributed by atoms with E-state index < -0.39 is 0 Å². The molecule has 0 amide bonds. The molecular weight excluding hydrogens is 71.0 g/mol. The van der Waals surface area contributed by atoms with Crippen molar-refractivity contribution < 1.29 is 9.90 Å². The smallest absolute Gasteiger partial charge is 0.290 e. The van der Waals surface area contributed by atoms with Crippen molar-refractivity contribution in [2.75, 3.05) is 0 Å². The molecule has 0 aliphatic carbocycles. The van der Waals surface area contributed by atoms with E-state index >= 15 is 0 Å². The standard InChI is InChI=1S/CH2O2.Al/c2-1-3;/h1H,(H,2,3);. The molecule has 0 atom stereocenters. The minimum Gasteiger partial charge on any atom is -0.483 e. The van der Waals surface area contributed by atoms with Gasteiger partial charge in [-0.25, -0.2) is 0 Å². The van der Waals surface area contributed by atoms with Crippen molar-refractivity contribution in [2.24, 2.45) is 0 Å². The van der Waals surface area contributed by atoms with E-state index in [1.54, 1.807) is 0 Å². The Labute approximate surface area is 34.6 Å². The molecular formula is CH2AlO2. The zero-order chi connectivity index (χ0) is 2.71. The average molecular weight is 73.0 g/mol. The summed E-state index contributed by atoms with van der Waals surface area (Å²) in [5.41, 5.74) is 0. The van der Waals surface area contributed by atoms with Crippen LogP contribution in [0.4, 0.5) is 0 Å². The van der Waals surface area contributed by atoms with E-state index in [-0.39, 0.29) is 23.8 Å².